The number of halogens is 1. The van der Waals surface area contributed by atoms with E-state index in [0.717, 1.165) is 24.8 Å². The van der Waals surface area contributed by atoms with E-state index in [1.54, 1.807) is 17.0 Å². The van der Waals surface area contributed by atoms with E-state index in [2.05, 4.69) is 11.4 Å². The lowest BCUT2D eigenvalue weighted by Gasteiger charge is -2.39. The number of rotatable bonds is 6. The van der Waals surface area contributed by atoms with E-state index in [0.29, 0.717) is 44.0 Å². The second-order valence-corrected chi connectivity index (χ2v) is 11.9. The zero-order valence-electron chi connectivity index (χ0n) is 19.7. The molecule has 2 aliphatic heterocycles. The van der Waals surface area contributed by atoms with E-state index in [9.17, 15) is 18.5 Å². The number of amides is 2. The number of likely N-dealkylation sites (tertiary alicyclic amines) is 2. The van der Waals surface area contributed by atoms with Crippen molar-refractivity contribution in [1.29, 1.82) is 5.26 Å². The van der Waals surface area contributed by atoms with Crippen LogP contribution in [0.15, 0.2) is 59.5 Å². The number of nitrogens with one attached hydrogen (secondary N) is 1. The van der Waals surface area contributed by atoms with Gasteiger partial charge in [0, 0.05) is 37.7 Å². The van der Waals surface area contributed by atoms with Crippen LogP contribution in [0.3, 0.4) is 0 Å². The van der Waals surface area contributed by atoms with Gasteiger partial charge < -0.3 is 15.1 Å². The number of nitriles is 1. The first-order valence-corrected chi connectivity index (χ1v) is 14.0. The van der Waals surface area contributed by atoms with Crippen LogP contribution in [-0.2, 0) is 15.3 Å². The molecule has 9 heteroatoms. The Hall–Kier alpha value is -2.60. The van der Waals surface area contributed by atoms with Gasteiger partial charge in [0.1, 0.15) is 5.37 Å². The molecule has 0 bridgehead atoms. The summed E-state index contributed by atoms with van der Waals surface area (Å²) in [6.45, 7) is 2.51. The van der Waals surface area contributed by atoms with Crippen molar-refractivity contribution in [2.45, 2.75) is 47.8 Å². The Kier molecular flexibility index (Phi) is 8.00. The fraction of sp³-hybridized carbons (Fsp3) is 0.462. The van der Waals surface area contributed by atoms with E-state index in [1.165, 1.54) is 12.1 Å². The maximum atomic E-state index is 13.6. The smallest absolute Gasteiger partial charge is 0.318 e. The van der Waals surface area contributed by atoms with Gasteiger partial charge in [-0.1, -0.05) is 48.0 Å². The summed E-state index contributed by atoms with van der Waals surface area (Å²) in [4.78, 5) is 16.8. The number of hydrogen-bond donors (Lipinski definition) is 1. The quantitative estimate of drug-likeness (QED) is 0.623. The molecule has 7 nitrogen and oxygen atoms in total. The lowest BCUT2D eigenvalue weighted by molar-refractivity contribution is 0.167. The van der Waals surface area contributed by atoms with Gasteiger partial charge >= 0.3 is 6.03 Å². The highest BCUT2D eigenvalue weighted by Crippen LogP contribution is 2.35. The number of benzene rings is 2. The molecule has 1 N–H and O–H groups in total. The molecule has 2 fully saturated rings. The Balaban J connectivity index is 1.53. The Bertz CT molecular complexity index is 1170. The summed E-state index contributed by atoms with van der Waals surface area (Å²) in [5.74, 6) is 0. The molecule has 2 saturated heterocycles. The van der Waals surface area contributed by atoms with Crippen LogP contribution in [0.4, 0.5) is 4.79 Å². The first-order valence-electron chi connectivity index (χ1n) is 12.1. The minimum Gasteiger partial charge on any atom is -0.325 e. The molecule has 0 aliphatic carbocycles. The number of carbonyl (C=O) groups is 1. The van der Waals surface area contributed by atoms with Gasteiger partial charge in [0.2, 0.25) is 9.84 Å². The van der Waals surface area contributed by atoms with Crippen LogP contribution < -0.4 is 5.32 Å². The lowest BCUT2D eigenvalue weighted by atomic mass is 9.74. The number of sulfone groups is 1. The lowest BCUT2D eigenvalue weighted by Crippen LogP contribution is -2.54. The van der Waals surface area contributed by atoms with Crippen molar-refractivity contribution in [2.24, 2.45) is 0 Å². The highest BCUT2D eigenvalue weighted by atomic mass is 35.5. The van der Waals surface area contributed by atoms with Crippen molar-refractivity contribution in [3.63, 3.8) is 0 Å². The Morgan fingerprint density at radius 1 is 1.03 bits per heavy atom. The molecule has 1 unspecified atom stereocenters. The topological polar surface area (TPSA) is 93.5 Å². The van der Waals surface area contributed by atoms with E-state index in [-0.39, 0.29) is 17.5 Å². The standard InChI is InChI=1S/C26H31ClN4O3S/c27-22-10-7-11-23(18-22)35(33,34)24(29-25(32)31-14-5-2-6-15-31)19-30-16-12-26(20-28,13-17-30)21-8-3-1-4-9-21/h1,3-4,7-11,18,24H,2,5-6,12-17,19H2,(H,29,32). The first kappa shape index (κ1) is 25.5. The largest absolute Gasteiger partial charge is 0.325 e. The highest BCUT2D eigenvalue weighted by molar-refractivity contribution is 7.92. The third-order valence-electron chi connectivity index (χ3n) is 7.10. The molecule has 2 amide bonds. The predicted octanol–water partition coefficient (Wildman–Crippen LogP) is 4.19. The van der Waals surface area contributed by atoms with Crippen molar-refractivity contribution >= 4 is 27.5 Å². The van der Waals surface area contributed by atoms with E-state index in [1.807, 2.05) is 35.2 Å². The molecule has 0 spiro atoms. The number of hydrogen-bond acceptors (Lipinski definition) is 5. The molecule has 35 heavy (non-hydrogen) atoms. The molecular formula is C26H31ClN4O3S. The molecule has 2 aromatic rings. The van der Waals surface area contributed by atoms with Crippen LogP contribution in [0, 0.1) is 11.3 Å². The maximum Gasteiger partial charge on any atom is 0.318 e. The van der Waals surface area contributed by atoms with Crippen LogP contribution in [0.2, 0.25) is 5.02 Å². The fourth-order valence-corrected chi connectivity index (χ4v) is 6.74. The van der Waals surface area contributed by atoms with Crippen molar-refractivity contribution in [1.82, 2.24) is 15.1 Å². The Morgan fingerprint density at radius 2 is 1.71 bits per heavy atom. The predicted molar refractivity (Wildman–Crippen MR) is 136 cm³/mol. The minimum absolute atomic E-state index is 0.0848. The van der Waals surface area contributed by atoms with Gasteiger partial charge in [-0.15, -0.1) is 0 Å². The highest BCUT2D eigenvalue weighted by Gasteiger charge is 2.39. The van der Waals surface area contributed by atoms with Crippen LogP contribution in [0.5, 0.6) is 0 Å². The van der Waals surface area contributed by atoms with Gasteiger partial charge in [-0.25, -0.2) is 13.2 Å². The van der Waals surface area contributed by atoms with Gasteiger partial charge in [0.05, 0.1) is 16.4 Å². The number of nitrogens with zero attached hydrogens (tertiary/aromatic N) is 3. The molecule has 1 atom stereocenters. The number of carbonyl (C=O) groups excluding carboxylic acids is 1. The van der Waals surface area contributed by atoms with Crippen molar-refractivity contribution < 1.29 is 13.2 Å². The summed E-state index contributed by atoms with van der Waals surface area (Å²) in [6.07, 6.45) is 4.10. The van der Waals surface area contributed by atoms with Crippen molar-refractivity contribution in [3.05, 3.63) is 65.2 Å². The molecule has 0 radical (unpaired) electrons. The average molecular weight is 515 g/mol. The monoisotopic (exact) mass is 514 g/mol. The summed E-state index contributed by atoms with van der Waals surface area (Å²) in [6, 6.07) is 18.1. The Morgan fingerprint density at radius 3 is 2.34 bits per heavy atom. The molecule has 2 aromatic carbocycles. The van der Waals surface area contributed by atoms with Gasteiger partial charge in [-0.2, -0.15) is 5.26 Å². The minimum atomic E-state index is -3.89. The average Bonchev–Trinajstić information content (AvgIpc) is 2.90. The molecular weight excluding hydrogens is 484 g/mol. The van der Waals surface area contributed by atoms with E-state index >= 15 is 0 Å². The second-order valence-electron chi connectivity index (χ2n) is 9.35. The normalized spacial score (nSPS) is 19.5. The second kappa shape index (κ2) is 11.0. The van der Waals surface area contributed by atoms with Gasteiger partial charge in [-0.3, -0.25) is 0 Å². The van der Waals surface area contributed by atoms with Crippen molar-refractivity contribution in [3.8, 4) is 6.07 Å². The number of piperidine rings is 2. The zero-order valence-corrected chi connectivity index (χ0v) is 21.3. The van der Waals surface area contributed by atoms with Crippen LogP contribution in [-0.4, -0.2) is 62.3 Å². The summed E-state index contributed by atoms with van der Waals surface area (Å²) < 4.78 is 27.2. The van der Waals surface area contributed by atoms with Crippen LogP contribution >= 0.6 is 11.6 Å². The Labute approximate surface area is 212 Å². The van der Waals surface area contributed by atoms with E-state index in [4.69, 9.17) is 11.6 Å². The number of urea groups is 1. The molecule has 2 aliphatic rings. The zero-order chi connectivity index (χ0) is 24.9. The summed E-state index contributed by atoms with van der Waals surface area (Å²) >= 11 is 6.08. The third-order valence-corrected chi connectivity index (χ3v) is 9.26. The van der Waals surface area contributed by atoms with Gasteiger partial charge in [-0.05, 0) is 55.9 Å². The van der Waals surface area contributed by atoms with Gasteiger partial charge in [0.25, 0.3) is 0 Å². The van der Waals surface area contributed by atoms with Crippen molar-refractivity contribution in [2.75, 3.05) is 32.7 Å². The summed E-state index contributed by atoms with van der Waals surface area (Å²) in [7, 11) is -3.89. The molecule has 0 saturated carbocycles. The molecule has 4 rings (SSSR count). The molecule has 2 heterocycles. The van der Waals surface area contributed by atoms with Crippen LogP contribution in [0.25, 0.3) is 0 Å². The molecule has 0 aromatic heterocycles. The molecule has 186 valence electrons. The maximum absolute atomic E-state index is 13.6. The SMILES string of the molecule is N#CC1(c2ccccc2)CCN(CC(NC(=O)N2CCCCC2)S(=O)(=O)c2cccc(Cl)c2)CC1. The fourth-order valence-electron chi connectivity index (χ4n) is 4.93. The third kappa shape index (κ3) is 5.80. The van der Waals surface area contributed by atoms with E-state index < -0.39 is 20.6 Å². The first-order chi connectivity index (χ1) is 16.8. The summed E-state index contributed by atoms with van der Waals surface area (Å²) in [5.41, 5.74) is 0.402. The van der Waals surface area contributed by atoms with Gasteiger partial charge in [0.15, 0.2) is 0 Å². The van der Waals surface area contributed by atoms with Crippen LogP contribution in [0.1, 0.15) is 37.7 Å². The summed E-state index contributed by atoms with van der Waals surface area (Å²) in [5, 5.41) is 12.0.